The van der Waals surface area contributed by atoms with Gasteiger partial charge in [-0.1, -0.05) is 6.92 Å². The van der Waals surface area contributed by atoms with Gasteiger partial charge in [0.2, 0.25) is 0 Å². The van der Waals surface area contributed by atoms with E-state index in [1.165, 1.54) is 22.2 Å². The predicted octanol–water partition coefficient (Wildman–Crippen LogP) is 4.19. The molecule has 0 aliphatic heterocycles. The number of nitrogens with zero attached hydrogens (tertiary/aromatic N) is 2. The van der Waals surface area contributed by atoms with Crippen molar-refractivity contribution in [3.8, 4) is 5.75 Å². The lowest BCUT2D eigenvalue weighted by molar-refractivity contribution is 0.475. The second kappa shape index (κ2) is 5.25. The van der Waals surface area contributed by atoms with Gasteiger partial charge in [-0.2, -0.15) is 0 Å². The summed E-state index contributed by atoms with van der Waals surface area (Å²) in [6.07, 6.45) is 4.33. The van der Waals surface area contributed by atoms with Crippen molar-refractivity contribution >= 4 is 33.1 Å². The summed E-state index contributed by atoms with van der Waals surface area (Å²) in [5.41, 5.74) is 2.35. The van der Waals surface area contributed by atoms with Crippen molar-refractivity contribution in [3.05, 3.63) is 40.5 Å². The topological polar surface area (TPSA) is 58.0 Å². The Bertz CT molecular complexity index is 839. The number of aromatic nitrogens is 2. The zero-order valence-electron chi connectivity index (χ0n) is 12.4. The van der Waals surface area contributed by atoms with Crippen molar-refractivity contribution in [2.45, 2.75) is 32.6 Å². The number of aryl methyl sites for hydroxylation is 3. The molecule has 3 aromatic rings. The van der Waals surface area contributed by atoms with Crippen LogP contribution < -0.4 is 5.32 Å². The molecule has 4 nitrogen and oxygen atoms in total. The highest BCUT2D eigenvalue weighted by atomic mass is 32.1. The Kier molecular flexibility index (Phi) is 3.22. The minimum Gasteiger partial charge on any atom is -0.508 e. The van der Waals surface area contributed by atoms with Crippen LogP contribution in [0, 0.1) is 0 Å². The summed E-state index contributed by atoms with van der Waals surface area (Å²) in [5.74, 6) is 2.03. The number of phenolic OH excluding ortho intramolecular Hbond substituents is 1. The van der Waals surface area contributed by atoms with Gasteiger partial charge in [0.25, 0.3) is 0 Å². The number of hydrogen-bond acceptors (Lipinski definition) is 5. The highest BCUT2D eigenvalue weighted by Gasteiger charge is 2.22. The molecular weight excluding hydrogens is 294 g/mol. The largest absolute Gasteiger partial charge is 0.508 e. The van der Waals surface area contributed by atoms with Crippen LogP contribution in [0.1, 0.15) is 29.6 Å². The summed E-state index contributed by atoms with van der Waals surface area (Å²) in [5, 5.41) is 14.0. The van der Waals surface area contributed by atoms with Gasteiger partial charge < -0.3 is 10.4 Å². The number of benzene rings is 1. The fraction of sp³-hybridized carbons (Fsp3) is 0.294. The lowest BCUT2D eigenvalue weighted by Crippen LogP contribution is -2.00. The Morgan fingerprint density at radius 3 is 2.77 bits per heavy atom. The number of fused-ring (bicyclic) bond motifs is 3. The van der Waals surface area contributed by atoms with Gasteiger partial charge in [-0.3, -0.25) is 0 Å². The van der Waals surface area contributed by atoms with Crippen molar-refractivity contribution < 1.29 is 5.11 Å². The summed E-state index contributed by atoms with van der Waals surface area (Å²) >= 11 is 1.81. The number of phenols is 1. The second-order valence-electron chi connectivity index (χ2n) is 5.55. The van der Waals surface area contributed by atoms with E-state index in [0.29, 0.717) is 0 Å². The van der Waals surface area contributed by atoms with E-state index in [9.17, 15) is 5.11 Å². The molecule has 1 aliphatic carbocycles. The van der Waals surface area contributed by atoms with Crippen LogP contribution in [0.2, 0.25) is 0 Å². The molecule has 22 heavy (non-hydrogen) atoms. The Labute approximate surface area is 132 Å². The van der Waals surface area contributed by atoms with Crippen LogP contribution in [0.25, 0.3) is 10.2 Å². The van der Waals surface area contributed by atoms with Gasteiger partial charge in [-0.25, -0.2) is 9.97 Å². The monoisotopic (exact) mass is 311 g/mol. The highest BCUT2D eigenvalue weighted by Crippen LogP contribution is 2.40. The molecule has 1 aromatic carbocycles. The van der Waals surface area contributed by atoms with Crippen LogP contribution in [-0.2, 0) is 19.3 Å². The van der Waals surface area contributed by atoms with Gasteiger partial charge in [0.15, 0.2) is 0 Å². The zero-order valence-corrected chi connectivity index (χ0v) is 13.2. The number of hydrogen-bond donors (Lipinski definition) is 2. The van der Waals surface area contributed by atoms with Gasteiger partial charge in [-0.05, 0) is 49.1 Å². The summed E-state index contributed by atoms with van der Waals surface area (Å²) in [6, 6.07) is 7.09. The van der Waals surface area contributed by atoms with Crippen molar-refractivity contribution in [1.82, 2.24) is 9.97 Å². The lowest BCUT2D eigenvalue weighted by atomic mass is 10.2. The van der Waals surface area contributed by atoms with Crippen LogP contribution >= 0.6 is 11.3 Å². The first-order valence-electron chi connectivity index (χ1n) is 7.62. The number of rotatable bonds is 3. The molecular formula is C17H17N3OS. The van der Waals surface area contributed by atoms with Crippen molar-refractivity contribution in [2.75, 3.05) is 5.32 Å². The first-order chi connectivity index (χ1) is 10.7. The Hall–Kier alpha value is -2.14. The van der Waals surface area contributed by atoms with Crippen LogP contribution in [0.3, 0.4) is 0 Å². The van der Waals surface area contributed by atoms with Gasteiger partial charge in [0, 0.05) is 17.0 Å². The maximum Gasteiger partial charge on any atom is 0.143 e. The second-order valence-corrected chi connectivity index (χ2v) is 6.63. The van der Waals surface area contributed by atoms with Crippen LogP contribution in [0.5, 0.6) is 5.75 Å². The average Bonchev–Trinajstić information content (AvgIpc) is 3.09. The Morgan fingerprint density at radius 1 is 1.18 bits per heavy atom. The minimum absolute atomic E-state index is 0.268. The van der Waals surface area contributed by atoms with E-state index < -0.39 is 0 Å². The smallest absolute Gasteiger partial charge is 0.143 e. The molecule has 0 atom stereocenters. The highest BCUT2D eigenvalue weighted by molar-refractivity contribution is 7.19. The van der Waals surface area contributed by atoms with Gasteiger partial charge in [0.1, 0.15) is 22.2 Å². The Morgan fingerprint density at radius 2 is 2.00 bits per heavy atom. The molecule has 112 valence electrons. The summed E-state index contributed by atoms with van der Waals surface area (Å²) < 4.78 is 0. The Balaban J connectivity index is 1.85. The van der Waals surface area contributed by atoms with Crippen molar-refractivity contribution in [1.29, 1.82) is 0 Å². The van der Waals surface area contributed by atoms with Crippen molar-refractivity contribution in [2.24, 2.45) is 0 Å². The van der Waals surface area contributed by atoms with E-state index in [1.807, 2.05) is 23.5 Å². The molecule has 0 spiro atoms. The third-order valence-corrected chi connectivity index (χ3v) is 5.24. The van der Waals surface area contributed by atoms with Gasteiger partial charge in [-0.15, -0.1) is 11.3 Å². The SMILES string of the molecule is CCc1nc(Nc2ccc(O)cc2)c2c3c(sc2n1)CCC3. The molecule has 1 aliphatic rings. The van der Waals surface area contributed by atoms with E-state index in [2.05, 4.69) is 12.2 Å². The first kappa shape index (κ1) is 13.5. The molecule has 2 aromatic heterocycles. The molecule has 0 radical (unpaired) electrons. The summed E-state index contributed by atoms with van der Waals surface area (Å²) in [7, 11) is 0. The molecule has 0 saturated heterocycles. The van der Waals surface area contributed by atoms with E-state index >= 15 is 0 Å². The van der Waals surface area contributed by atoms with E-state index in [4.69, 9.17) is 9.97 Å². The van der Waals surface area contributed by atoms with E-state index in [-0.39, 0.29) is 5.75 Å². The molecule has 5 heteroatoms. The van der Waals surface area contributed by atoms with Crippen LogP contribution in [0.15, 0.2) is 24.3 Å². The van der Waals surface area contributed by atoms with E-state index in [0.717, 1.165) is 41.4 Å². The molecule has 2 N–H and O–H groups in total. The normalized spacial score (nSPS) is 13.5. The molecule has 0 amide bonds. The molecule has 0 fully saturated rings. The third kappa shape index (κ3) is 2.22. The quantitative estimate of drug-likeness (QED) is 0.712. The molecule has 2 heterocycles. The third-order valence-electron chi connectivity index (χ3n) is 4.06. The summed E-state index contributed by atoms with van der Waals surface area (Å²) in [6.45, 7) is 2.08. The number of thiophene rings is 1. The predicted molar refractivity (Wildman–Crippen MR) is 90.2 cm³/mol. The number of aromatic hydroxyl groups is 1. The van der Waals surface area contributed by atoms with Crippen LogP contribution in [-0.4, -0.2) is 15.1 Å². The van der Waals surface area contributed by atoms with Gasteiger partial charge in [0.05, 0.1) is 5.39 Å². The van der Waals surface area contributed by atoms with Gasteiger partial charge >= 0.3 is 0 Å². The molecule has 4 rings (SSSR count). The molecule has 0 unspecified atom stereocenters. The average molecular weight is 311 g/mol. The zero-order chi connectivity index (χ0) is 15.1. The lowest BCUT2D eigenvalue weighted by Gasteiger charge is -2.09. The standard InChI is InChI=1S/C17H17N3OS/c1-2-14-19-16(18-10-6-8-11(21)9-7-10)15-12-4-3-5-13(12)22-17(15)20-14/h6-9,21H,2-5H2,1H3,(H,18,19,20). The maximum atomic E-state index is 9.42. The fourth-order valence-corrected chi connectivity index (χ4v) is 4.25. The minimum atomic E-state index is 0.268. The maximum absolute atomic E-state index is 9.42. The fourth-order valence-electron chi connectivity index (χ4n) is 2.97. The first-order valence-corrected chi connectivity index (χ1v) is 8.43. The molecule has 0 saturated carbocycles. The number of anilines is 2. The van der Waals surface area contributed by atoms with Crippen LogP contribution in [0.4, 0.5) is 11.5 Å². The van der Waals surface area contributed by atoms with Crippen molar-refractivity contribution in [3.63, 3.8) is 0 Å². The van der Waals surface area contributed by atoms with E-state index in [1.54, 1.807) is 12.1 Å². The molecule has 0 bridgehead atoms. The number of nitrogens with one attached hydrogen (secondary N) is 1. The summed E-state index contributed by atoms with van der Waals surface area (Å²) in [4.78, 5) is 12.0.